The number of carbonyl (C=O) groups is 1. The number of thiophene rings is 1. The van der Waals surface area contributed by atoms with Crippen LogP contribution in [0.25, 0.3) is 20.4 Å². The van der Waals surface area contributed by atoms with Gasteiger partial charge in [0.2, 0.25) is 5.91 Å². The summed E-state index contributed by atoms with van der Waals surface area (Å²) in [5.74, 6) is 0.868. The highest BCUT2D eigenvalue weighted by atomic mass is 32.2. The predicted octanol–water partition coefficient (Wildman–Crippen LogP) is 5.67. The molecule has 6 nitrogen and oxygen atoms in total. The molecule has 1 aliphatic heterocycles. The maximum atomic E-state index is 13.6. The molecule has 1 aliphatic rings. The van der Waals surface area contributed by atoms with Gasteiger partial charge in [0.1, 0.15) is 9.53 Å². The van der Waals surface area contributed by atoms with Crippen molar-refractivity contribution in [2.24, 2.45) is 0 Å². The number of carbonyl (C=O) groups excluding carboxylic acids is 1. The number of thioether (sulfide) groups is 1. The molecular formula is C28H24N4O2S2. The summed E-state index contributed by atoms with van der Waals surface area (Å²) in [5, 5.41) is 1.64. The summed E-state index contributed by atoms with van der Waals surface area (Å²) in [6, 6.07) is 22.2. The molecule has 180 valence electrons. The number of anilines is 1. The highest BCUT2D eigenvalue weighted by Gasteiger charge is 2.21. The van der Waals surface area contributed by atoms with Crippen LogP contribution in [0.5, 0.6) is 0 Å². The molecular weight excluding hydrogens is 488 g/mol. The third-order valence-electron chi connectivity index (χ3n) is 6.47. The SMILES string of the molecule is O=C1CCCN1c1ccc(CSc2nc3c(sc4ncccc43)c(=O)n2CCc2ccccc2)cc1. The number of aromatic nitrogens is 3. The van der Waals surface area contributed by atoms with E-state index in [0.29, 0.717) is 28.6 Å². The zero-order valence-electron chi connectivity index (χ0n) is 19.6. The third-order valence-corrected chi connectivity index (χ3v) is 8.61. The molecule has 0 bridgehead atoms. The van der Waals surface area contributed by atoms with Crippen molar-refractivity contribution < 1.29 is 4.79 Å². The van der Waals surface area contributed by atoms with Crippen molar-refractivity contribution in [3.63, 3.8) is 0 Å². The largest absolute Gasteiger partial charge is 0.312 e. The van der Waals surface area contributed by atoms with Crippen LogP contribution >= 0.6 is 23.1 Å². The van der Waals surface area contributed by atoms with Crippen LogP contribution in [0, 0.1) is 0 Å². The van der Waals surface area contributed by atoms with Gasteiger partial charge >= 0.3 is 0 Å². The maximum absolute atomic E-state index is 13.6. The van der Waals surface area contributed by atoms with Crippen molar-refractivity contribution in [2.75, 3.05) is 11.4 Å². The zero-order valence-corrected chi connectivity index (χ0v) is 21.2. The lowest BCUT2D eigenvalue weighted by Gasteiger charge is -2.16. The molecule has 3 aromatic heterocycles. The van der Waals surface area contributed by atoms with Gasteiger partial charge in [-0.3, -0.25) is 14.2 Å². The number of nitrogens with zero attached hydrogens (tertiary/aromatic N) is 4. The van der Waals surface area contributed by atoms with E-state index in [1.807, 2.05) is 51.9 Å². The van der Waals surface area contributed by atoms with Crippen LogP contribution in [0.15, 0.2) is 82.9 Å². The summed E-state index contributed by atoms with van der Waals surface area (Å²) in [4.78, 5) is 37.8. The average Bonchev–Trinajstić information content (AvgIpc) is 3.51. The number of amides is 1. The molecule has 0 saturated carbocycles. The van der Waals surface area contributed by atoms with E-state index in [-0.39, 0.29) is 11.5 Å². The van der Waals surface area contributed by atoms with E-state index in [1.54, 1.807) is 18.0 Å². The molecule has 0 radical (unpaired) electrons. The van der Waals surface area contributed by atoms with Crippen molar-refractivity contribution in [2.45, 2.75) is 36.7 Å². The van der Waals surface area contributed by atoms with E-state index in [4.69, 9.17) is 4.98 Å². The zero-order chi connectivity index (χ0) is 24.5. The Labute approximate surface area is 216 Å². The predicted molar refractivity (Wildman–Crippen MR) is 147 cm³/mol. The molecule has 36 heavy (non-hydrogen) atoms. The number of hydrogen-bond donors (Lipinski definition) is 0. The van der Waals surface area contributed by atoms with Gasteiger partial charge in [0, 0.05) is 42.5 Å². The number of pyridine rings is 1. The molecule has 0 spiro atoms. The van der Waals surface area contributed by atoms with E-state index in [0.717, 1.165) is 46.4 Å². The van der Waals surface area contributed by atoms with Crippen molar-refractivity contribution in [1.82, 2.24) is 14.5 Å². The minimum Gasteiger partial charge on any atom is -0.312 e. The highest BCUT2D eigenvalue weighted by Crippen LogP contribution is 2.31. The second kappa shape index (κ2) is 9.87. The van der Waals surface area contributed by atoms with E-state index in [2.05, 4.69) is 29.2 Å². The third kappa shape index (κ3) is 4.42. The van der Waals surface area contributed by atoms with Gasteiger partial charge < -0.3 is 4.90 Å². The Bertz CT molecular complexity index is 1610. The maximum Gasteiger partial charge on any atom is 0.272 e. The fraction of sp³-hybridized carbons (Fsp3) is 0.214. The minimum absolute atomic E-state index is 0.00988. The Hall–Kier alpha value is -3.49. The highest BCUT2D eigenvalue weighted by molar-refractivity contribution is 7.98. The first-order chi connectivity index (χ1) is 17.7. The van der Waals surface area contributed by atoms with Crippen LogP contribution in [-0.2, 0) is 23.5 Å². The summed E-state index contributed by atoms with van der Waals surface area (Å²) in [6.45, 7) is 1.35. The molecule has 8 heteroatoms. The smallest absolute Gasteiger partial charge is 0.272 e. The fourth-order valence-corrected chi connectivity index (χ4v) is 6.58. The van der Waals surface area contributed by atoms with E-state index in [9.17, 15) is 9.59 Å². The number of fused-ring (bicyclic) bond motifs is 3. The Kier molecular flexibility index (Phi) is 6.29. The number of hydrogen-bond acceptors (Lipinski definition) is 6. The van der Waals surface area contributed by atoms with Crippen LogP contribution in [-0.4, -0.2) is 27.0 Å². The fourth-order valence-electron chi connectivity index (χ4n) is 4.58. The Morgan fingerprint density at radius 1 is 0.944 bits per heavy atom. The monoisotopic (exact) mass is 512 g/mol. The van der Waals surface area contributed by atoms with Gasteiger partial charge in [0.05, 0.1) is 5.52 Å². The van der Waals surface area contributed by atoms with Crippen LogP contribution in [0.1, 0.15) is 24.0 Å². The molecule has 0 unspecified atom stereocenters. The lowest BCUT2D eigenvalue weighted by Crippen LogP contribution is -2.23. The van der Waals surface area contributed by atoms with Gasteiger partial charge in [-0.15, -0.1) is 11.3 Å². The van der Waals surface area contributed by atoms with E-state index >= 15 is 0 Å². The topological polar surface area (TPSA) is 68.1 Å². The lowest BCUT2D eigenvalue weighted by atomic mass is 10.1. The number of benzene rings is 2. The molecule has 1 fully saturated rings. The minimum atomic E-state index is -0.00988. The van der Waals surface area contributed by atoms with Gasteiger partial charge in [-0.05, 0) is 48.2 Å². The molecule has 0 atom stereocenters. The number of aryl methyl sites for hydroxylation is 1. The summed E-state index contributed by atoms with van der Waals surface area (Å²) in [5.41, 5.74) is 3.98. The van der Waals surface area contributed by atoms with Gasteiger partial charge in [-0.2, -0.15) is 0 Å². The Morgan fingerprint density at radius 3 is 2.56 bits per heavy atom. The van der Waals surface area contributed by atoms with E-state index in [1.165, 1.54) is 16.9 Å². The first kappa shape index (κ1) is 22.9. The lowest BCUT2D eigenvalue weighted by molar-refractivity contribution is -0.117. The normalized spacial score (nSPS) is 13.8. The van der Waals surface area contributed by atoms with Gasteiger partial charge in [0.25, 0.3) is 5.56 Å². The van der Waals surface area contributed by atoms with Crippen molar-refractivity contribution in [1.29, 1.82) is 0 Å². The quantitative estimate of drug-likeness (QED) is 0.208. The van der Waals surface area contributed by atoms with Crippen LogP contribution in [0.4, 0.5) is 5.69 Å². The second-order valence-electron chi connectivity index (χ2n) is 8.83. The Morgan fingerprint density at radius 2 is 1.78 bits per heavy atom. The molecule has 0 N–H and O–H groups in total. The summed E-state index contributed by atoms with van der Waals surface area (Å²) in [7, 11) is 0. The molecule has 2 aromatic carbocycles. The molecule has 1 saturated heterocycles. The molecule has 0 aliphatic carbocycles. The van der Waals surface area contributed by atoms with Gasteiger partial charge in [0.15, 0.2) is 5.16 Å². The van der Waals surface area contributed by atoms with Gasteiger partial charge in [-0.1, -0.05) is 54.2 Å². The van der Waals surface area contributed by atoms with Crippen molar-refractivity contribution in [3.05, 3.63) is 94.4 Å². The van der Waals surface area contributed by atoms with Crippen molar-refractivity contribution in [3.8, 4) is 0 Å². The van der Waals surface area contributed by atoms with Gasteiger partial charge in [-0.25, -0.2) is 9.97 Å². The molecule has 1 amide bonds. The average molecular weight is 513 g/mol. The standard InChI is InChI=1S/C28H24N4O2S2/c33-23-9-5-16-31(23)21-12-10-20(11-13-21)18-35-28-30-24-22-8-4-15-29-26(22)36-25(24)27(34)32(28)17-14-19-6-2-1-3-7-19/h1-4,6-8,10-13,15H,5,9,14,16-18H2. The Balaban J connectivity index is 1.32. The van der Waals surface area contributed by atoms with Crippen molar-refractivity contribution >= 4 is 55.1 Å². The first-order valence-electron chi connectivity index (χ1n) is 12.0. The first-order valence-corrected chi connectivity index (χ1v) is 13.8. The molecule has 5 aromatic rings. The van der Waals surface area contributed by atoms with Crippen LogP contribution < -0.4 is 10.5 Å². The molecule has 4 heterocycles. The summed E-state index contributed by atoms with van der Waals surface area (Å²) >= 11 is 2.98. The molecule has 6 rings (SSSR count). The number of rotatable bonds is 7. The summed E-state index contributed by atoms with van der Waals surface area (Å²) < 4.78 is 2.47. The van der Waals surface area contributed by atoms with Crippen LogP contribution in [0.3, 0.4) is 0 Å². The summed E-state index contributed by atoms with van der Waals surface area (Å²) in [6.07, 6.45) is 4.04. The van der Waals surface area contributed by atoms with E-state index < -0.39 is 0 Å². The van der Waals surface area contributed by atoms with Crippen LogP contribution in [0.2, 0.25) is 0 Å². The second-order valence-corrected chi connectivity index (χ2v) is 10.8.